The monoisotopic (exact) mass is 254 g/mol. The minimum atomic E-state index is -1.02. The van der Waals surface area contributed by atoms with Gasteiger partial charge in [0.15, 0.2) is 0 Å². The smallest absolute Gasteiger partial charge is 0.304 e. The third-order valence-corrected chi connectivity index (χ3v) is 2.67. The summed E-state index contributed by atoms with van der Waals surface area (Å²) in [6.07, 6.45) is 0.710. The van der Waals surface area contributed by atoms with E-state index in [0.717, 1.165) is 12.1 Å². The van der Waals surface area contributed by atoms with Crippen molar-refractivity contribution in [3.05, 3.63) is 39.7 Å². The Morgan fingerprint density at radius 1 is 1.56 bits per heavy atom. The summed E-state index contributed by atoms with van der Waals surface area (Å²) in [5, 5.41) is 13.1. The van der Waals surface area contributed by atoms with Crippen molar-refractivity contribution < 1.29 is 18.8 Å². The predicted molar refractivity (Wildman–Crippen MR) is 59.7 cm³/mol. The molecule has 0 saturated carbocycles. The van der Waals surface area contributed by atoms with Gasteiger partial charge in [0.05, 0.1) is 17.6 Å². The number of carbonyl (C=O) groups excluding carboxylic acids is 1. The lowest BCUT2D eigenvalue weighted by molar-refractivity contribution is -0.387. The van der Waals surface area contributed by atoms with Gasteiger partial charge in [0.25, 0.3) is 5.91 Å². The van der Waals surface area contributed by atoms with E-state index in [4.69, 9.17) is 4.74 Å². The highest BCUT2D eigenvalue weighted by atomic mass is 19.1. The summed E-state index contributed by atoms with van der Waals surface area (Å²) in [5.74, 6) is -1.48. The molecule has 6 nitrogen and oxygen atoms in total. The van der Waals surface area contributed by atoms with Crippen molar-refractivity contribution in [2.45, 2.75) is 12.5 Å². The first kappa shape index (κ1) is 12.4. The van der Waals surface area contributed by atoms with Gasteiger partial charge in [-0.25, -0.2) is 0 Å². The van der Waals surface area contributed by atoms with Crippen molar-refractivity contribution in [1.29, 1.82) is 0 Å². The number of amides is 1. The molecule has 1 fully saturated rings. The van der Waals surface area contributed by atoms with E-state index < -0.39 is 22.3 Å². The molecule has 1 N–H and O–H groups in total. The van der Waals surface area contributed by atoms with E-state index >= 15 is 0 Å². The maximum atomic E-state index is 13.3. The molecule has 0 aromatic heterocycles. The molecule has 0 bridgehead atoms. The Morgan fingerprint density at radius 3 is 2.89 bits per heavy atom. The number of hydrogen-bond donors (Lipinski definition) is 1. The van der Waals surface area contributed by atoms with Crippen LogP contribution in [0.25, 0.3) is 0 Å². The van der Waals surface area contributed by atoms with Crippen LogP contribution in [0.1, 0.15) is 16.8 Å². The lowest BCUT2D eigenvalue weighted by Crippen LogP contribution is -2.35. The van der Waals surface area contributed by atoms with E-state index in [0.29, 0.717) is 19.6 Å². The van der Waals surface area contributed by atoms with Crippen LogP contribution in [0.2, 0.25) is 0 Å². The molecule has 1 atom stereocenters. The summed E-state index contributed by atoms with van der Waals surface area (Å²) in [4.78, 5) is 21.3. The first-order valence-electron chi connectivity index (χ1n) is 5.40. The van der Waals surface area contributed by atoms with Crippen molar-refractivity contribution in [3.8, 4) is 0 Å². The van der Waals surface area contributed by atoms with E-state index in [1.54, 1.807) is 0 Å². The minimum Gasteiger partial charge on any atom is -0.379 e. The largest absolute Gasteiger partial charge is 0.379 e. The average Bonchev–Trinajstić information content (AvgIpc) is 2.81. The van der Waals surface area contributed by atoms with Gasteiger partial charge in [-0.1, -0.05) is 0 Å². The van der Waals surface area contributed by atoms with Crippen LogP contribution < -0.4 is 5.32 Å². The lowest BCUT2D eigenvalue weighted by Gasteiger charge is -2.10. The summed E-state index contributed by atoms with van der Waals surface area (Å²) >= 11 is 0. The quantitative estimate of drug-likeness (QED) is 0.650. The Bertz CT molecular complexity index is 486. The molecule has 1 heterocycles. The first-order chi connectivity index (χ1) is 8.58. The van der Waals surface area contributed by atoms with Gasteiger partial charge in [-0.15, -0.1) is 0 Å². The van der Waals surface area contributed by atoms with Crippen LogP contribution in [0.5, 0.6) is 0 Å². The maximum Gasteiger partial charge on any atom is 0.304 e. The summed E-state index contributed by atoms with van der Waals surface area (Å²) in [7, 11) is 0. The number of nitro groups is 1. The van der Waals surface area contributed by atoms with Crippen LogP contribution in [0.4, 0.5) is 10.1 Å². The number of halogens is 1. The summed E-state index contributed by atoms with van der Waals surface area (Å²) in [6.45, 7) is 1.01. The zero-order chi connectivity index (χ0) is 13.1. The van der Waals surface area contributed by atoms with E-state index in [-0.39, 0.29) is 11.6 Å². The van der Waals surface area contributed by atoms with Crippen molar-refractivity contribution in [3.63, 3.8) is 0 Å². The van der Waals surface area contributed by atoms with Gasteiger partial charge in [0.2, 0.25) is 5.82 Å². The van der Waals surface area contributed by atoms with Crippen LogP contribution in [0, 0.1) is 15.9 Å². The molecule has 7 heteroatoms. The second kappa shape index (κ2) is 5.09. The fourth-order valence-corrected chi connectivity index (χ4v) is 1.71. The lowest BCUT2D eigenvalue weighted by atomic mass is 10.1. The Labute approximate surface area is 102 Å². The second-order valence-corrected chi connectivity index (χ2v) is 3.96. The van der Waals surface area contributed by atoms with Gasteiger partial charge in [0.1, 0.15) is 0 Å². The molecule has 18 heavy (non-hydrogen) atoms. The molecular formula is C11H11FN2O4. The molecular weight excluding hydrogens is 243 g/mol. The highest BCUT2D eigenvalue weighted by molar-refractivity contribution is 5.94. The van der Waals surface area contributed by atoms with Crippen LogP contribution in [-0.4, -0.2) is 30.1 Å². The standard InChI is InChI=1S/C11H11FN2O4/c12-9-5-7(1-2-10(9)14(16)17)11(15)13-8-3-4-18-6-8/h1-2,5,8H,3-4,6H2,(H,13,15). The molecule has 1 aromatic rings. The Hall–Kier alpha value is -2.02. The molecule has 1 aliphatic heterocycles. The van der Waals surface area contributed by atoms with Gasteiger partial charge in [-0.05, 0) is 18.6 Å². The molecule has 0 spiro atoms. The molecule has 1 aromatic carbocycles. The number of carbonyl (C=O) groups is 1. The zero-order valence-electron chi connectivity index (χ0n) is 9.39. The highest BCUT2D eigenvalue weighted by Gasteiger charge is 2.21. The fraction of sp³-hybridized carbons (Fsp3) is 0.364. The molecule has 96 valence electrons. The molecule has 2 rings (SSSR count). The van der Waals surface area contributed by atoms with Gasteiger partial charge in [0, 0.05) is 18.2 Å². The minimum absolute atomic E-state index is 0.0602. The number of hydrogen-bond acceptors (Lipinski definition) is 4. The fourth-order valence-electron chi connectivity index (χ4n) is 1.71. The van der Waals surface area contributed by atoms with E-state index in [1.807, 2.05) is 0 Å². The molecule has 0 radical (unpaired) electrons. The molecule has 1 saturated heterocycles. The second-order valence-electron chi connectivity index (χ2n) is 3.96. The van der Waals surface area contributed by atoms with E-state index in [9.17, 15) is 19.3 Å². The Balaban J connectivity index is 2.10. The molecule has 0 aliphatic carbocycles. The highest BCUT2D eigenvalue weighted by Crippen LogP contribution is 2.18. The van der Waals surface area contributed by atoms with Crippen molar-refractivity contribution in [2.24, 2.45) is 0 Å². The van der Waals surface area contributed by atoms with Crippen LogP contribution in [0.3, 0.4) is 0 Å². The van der Waals surface area contributed by atoms with Crippen LogP contribution in [0.15, 0.2) is 18.2 Å². The summed E-state index contributed by atoms with van der Waals surface area (Å²) in [6, 6.07) is 2.99. The number of nitrogens with one attached hydrogen (secondary N) is 1. The number of rotatable bonds is 3. The number of nitro benzene ring substituents is 1. The van der Waals surface area contributed by atoms with Crippen molar-refractivity contribution in [1.82, 2.24) is 5.32 Å². The molecule has 1 unspecified atom stereocenters. The SMILES string of the molecule is O=C(NC1CCOC1)c1ccc([N+](=O)[O-])c(F)c1. The predicted octanol–water partition coefficient (Wildman–Crippen LogP) is 1.25. The first-order valence-corrected chi connectivity index (χ1v) is 5.40. The molecule has 1 aliphatic rings. The Kier molecular flexibility index (Phi) is 3.52. The van der Waals surface area contributed by atoms with Crippen LogP contribution >= 0.6 is 0 Å². The van der Waals surface area contributed by atoms with E-state index in [1.165, 1.54) is 6.07 Å². The third kappa shape index (κ3) is 2.62. The van der Waals surface area contributed by atoms with Gasteiger partial charge < -0.3 is 10.1 Å². The van der Waals surface area contributed by atoms with Gasteiger partial charge >= 0.3 is 5.69 Å². The maximum absolute atomic E-state index is 13.3. The summed E-state index contributed by atoms with van der Waals surface area (Å²) < 4.78 is 18.4. The Morgan fingerprint density at radius 2 is 2.33 bits per heavy atom. The van der Waals surface area contributed by atoms with Crippen molar-refractivity contribution in [2.75, 3.05) is 13.2 Å². The topological polar surface area (TPSA) is 81.5 Å². The van der Waals surface area contributed by atoms with Crippen molar-refractivity contribution >= 4 is 11.6 Å². The third-order valence-electron chi connectivity index (χ3n) is 2.67. The van der Waals surface area contributed by atoms with Gasteiger partial charge in [-0.3, -0.25) is 14.9 Å². The average molecular weight is 254 g/mol. The number of ether oxygens (including phenoxy) is 1. The normalized spacial score (nSPS) is 18.6. The summed E-state index contributed by atoms with van der Waals surface area (Å²) in [5.41, 5.74) is -0.583. The molecule has 1 amide bonds. The van der Waals surface area contributed by atoms with Gasteiger partial charge in [-0.2, -0.15) is 4.39 Å². The number of nitrogens with zero attached hydrogens (tertiary/aromatic N) is 1. The zero-order valence-corrected chi connectivity index (χ0v) is 9.39. The number of benzene rings is 1. The van der Waals surface area contributed by atoms with E-state index in [2.05, 4.69) is 5.32 Å². The van der Waals surface area contributed by atoms with Crippen LogP contribution in [-0.2, 0) is 4.74 Å².